The molecule has 186 valence electrons. The topological polar surface area (TPSA) is 97.0 Å². The Kier molecular flexibility index (Phi) is 7.53. The minimum atomic E-state index is -0.822. The van der Waals surface area contributed by atoms with E-state index in [-0.39, 0.29) is 30.9 Å². The second-order valence-electron chi connectivity index (χ2n) is 8.52. The lowest BCUT2D eigenvalue weighted by molar-refractivity contribution is -0.129. The van der Waals surface area contributed by atoms with Crippen molar-refractivity contribution in [1.29, 1.82) is 0 Å². The molecule has 0 saturated carbocycles. The van der Waals surface area contributed by atoms with Crippen LogP contribution in [0, 0.1) is 0 Å². The molecule has 1 aliphatic heterocycles. The first-order valence-electron chi connectivity index (χ1n) is 11.7. The number of hydrogen-bond acceptors (Lipinski definition) is 5. The van der Waals surface area contributed by atoms with Crippen LogP contribution < -0.4 is 20.1 Å². The van der Waals surface area contributed by atoms with Gasteiger partial charge in [0.25, 0.3) is 5.91 Å². The minimum absolute atomic E-state index is 0.210. The summed E-state index contributed by atoms with van der Waals surface area (Å²) in [5.41, 5.74) is 2.79. The van der Waals surface area contributed by atoms with Gasteiger partial charge in [-0.2, -0.15) is 0 Å². The second kappa shape index (κ2) is 10.9. The fraction of sp³-hybridized carbons (Fsp3) is 0.250. The molecule has 0 aromatic heterocycles. The highest BCUT2D eigenvalue weighted by Gasteiger charge is 2.40. The van der Waals surface area contributed by atoms with Crippen LogP contribution >= 0.6 is 0 Å². The van der Waals surface area contributed by atoms with E-state index in [2.05, 4.69) is 10.6 Å². The number of nitrogens with one attached hydrogen (secondary N) is 2. The van der Waals surface area contributed by atoms with Crippen LogP contribution in [0.25, 0.3) is 0 Å². The lowest BCUT2D eigenvalue weighted by Crippen LogP contribution is -2.43. The lowest BCUT2D eigenvalue weighted by Gasteiger charge is -2.25. The van der Waals surface area contributed by atoms with Crippen molar-refractivity contribution in [2.75, 3.05) is 20.8 Å². The second-order valence-corrected chi connectivity index (χ2v) is 8.52. The molecule has 1 aliphatic rings. The van der Waals surface area contributed by atoms with Crippen LogP contribution in [0.1, 0.15) is 46.1 Å². The molecule has 0 unspecified atom stereocenters. The maximum Gasteiger partial charge on any atom is 0.255 e. The standard InChI is InChI=1S/C28H29N3O5/c1-18(23-15-20(35-2)13-14-24(23)36-3)30-25(32)16-29-27(33)26-21-11-7-8-12-22(21)28(34)31(26)17-19-9-5-4-6-10-19/h4-15,18,26H,16-17H2,1-3H3,(H,29,33)(H,30,32)/t18-,26+/m0/s1. The fourth-order valence-corrected chi connectivity index (χ4v) is 4.41. The average molecular weight is 488 g/mol. The first-order chi connectivity index (χ1) is 17.4. The predicted molar refractivity (Wildman–Crippen MR) is 135 cm³/mol. The van der Waals surface area contributed by atoms with Crippen molar-refractivity contribution in [2.24, 2.45) is 0 Å². The summed E-state index contributed by atoms with van der Waals surface area (Å²) in [5.74, 6) is 0.269. The molecule has 3 aromatic rings. The first kappa shape index (κ1) is 24.8. The largest absolute Gasteiger partial charge is 0.497 e. The molecule has 0 saturated heterocycles. The summed E-state index contributed by atoms with van der Waals surface area (Å²) in [6, 6.07) is 20.7. The number of ether oxygens (including phenoxy) is 2. The van der Waals surface area contributed by atoms with Crippen LogP contribution in [0.4, 0.5) is 0 Å². The first-order valence-corrected chi connectivity index (χ1v) is 11.7. The molecular weight excluding hydrogens is 458 g/mol. The van der Waals surface area contributed by atoms with Crippen molar-refractivity contribution in [3.63, 3.8) is 0 Å². The number of fused-ring (bicyclic) bond motifs is 1. The van der Waals surface area contributed by atoms with Gasteiger partial charge in [0.05, 0.1) is 26.8 Å². The molecule has 3 amide bonds. The Morgan fingerprint density at radius 1 is 0.972 bits per heavy atom. The third kappa shape index (κ3) is 5.17. The van der Waals surface area contributed by atoms with Crippen molar-refractivity contribution in [3.8, 4) is 11.5 Å². The summed E-state index contributed by atoms with van der Waals surface area (Å²) in [6.45, 7) is 1.87. The Bertz CT molecular complexity index is 1260. The van der Waals surface area contributed by atoms with Crippen LogP contribution in [-0.4, -0.2) is 43.4 Å². The quantitative estimate of drug-likeness (QED) is 0.482. The molecule has 0 fully saturated rings. The molecular formula is C28H29N3O5. The molecule has 3 aromatic carbocycles. The Labute approximate surface area is 210 Å². The van der Waals surface area contributed by atoms with Crippen LogP contribution in [0.2, 0.25) is 0 Å². The van der Waals surface area contributed by atoms with Gasteiger partial charge in [-0.05, 0) is 42.3 Å². The number of benzene rings is 3. The SMILES string of the molecule is COc1ccc(OC)c([C@H](C)NC(=O)CNC(=O)[C@H]2c3ccccc3C(=O)N2Cc2ccccc2)c1. The van der Waals surface area contributed by atoms with Gasteiger partial charge in [-0.15, -0.1) is 0 Å². The normalized spacial score (nSPS) is 15.1. The molecule has 4 rings (SSSR count). The third-order valence-corrected chi connectivity index (χ3v) is 6.21. The average Bonchev–Trinajstić information content (AvgIpc) is 3.18. The number of rotatable bonds is 9. The van der Waals surface area contributed by atoms with Crippen LogP contribution in [0.3, 0.4) is 0 Å². The molecule has 0 radical (unpaired) electrons. The Morgan fingerprint density at radius 2 is 1.69 bits per heavy atom. The molecule has 36 heavy (non-hydrogen) atoms. The van der Waals surface area contributed by atoms with Gasteiger partial charge in [0, 0.05) is 17.7 Å². The maximum atomic E-state index is 13.3. The lowest BCUT2D eigenvalue weighted by atomic mass is 10.0. The number of carbonyl (C=O) groups is 3. The van der Waals surface area contributed by atoms with Crippen LogP contribution in [0.5, 0.6) is 11.5 Å². The van der Waals surface area contributed by atoms with E-state index >= 15 is 0 Å². The fourth-order valence-electron chi connectivity index (χ4n) is 4.41. The molecule has 0 spiro atoms. The Morgan fingerprint density at radius 3 is 2.42 bits per heavy atom. The highest BCUT2D eigenvalue weighted by Crippen LogP contribution is 2.35. The van der Waals surface area contributed by atoms with E-state index < -0.39 is 11.9 Å². The molecule has 2 N–H and O–H groups in total. The zero-order valence-corrected chi connectivity index (χ0v) is 20.5. The minimum Gasteiger partial charge on any atom is -0.497 e. The van der Waals surface area contributed by atoms with Crippen molar-refractivity contribution < 1.29 is 23.9 Å². The summed E-state index contributed by atoms with van der Waals surface area (Å²) < 4.78 is 10.7. The van der Waals surface area contributed by atoms with Crippen molar-refractivity contribution in [3.05, 3.63) is 95.1 Å². The number of nitrogens with zero attached hydrogens (tertiary/aromatic N) is 1. The third-order valence-electron chi connectivity index (χ3n) is 6.21. The van der Waals surface area contributed by atoms with Gasteiger partial charge in [-0.3, -0.25) is 14.4 Å². The molecule has 8 nitrogen and oxygen atoms in total. The van der Waals surface area contributed by atoms with Crippen LogP contribution in [-0.2, 0) is 16.1 Å². The van der Waals surface area contributed by atoms with Gasteiger partial charge in [0.15, 0.2) is 0 Å². The van der Waals surface area contributed by atoms with E-state index in [4.69, 9.17) is 9.47 Å². The van der Waals surface area contributed by atoms with E-state index in [1.54, 1.807) is 56.7 Å². The highest BCUT2D eigenvalue weighted by molar-refractivity contribution is 6.05. The zero-order chi connectivity index (χ0) is 25.7. The molecule has 2 atom stereocenters. The summed E-state index contributed by atoms with van der Waals surface area (Å²) in [5, 5.41) is 5.59. The smallest absolute Gasteiger partial charge is 0.255 e. The maximum absolute atomic E-state index is 13.3. The number of hydrogen-bond donors (Lipinski definition) is 2. The van der Waals surface area contributed by atoms with E-state index in [0.29, 0.717) is 22.6 Å². The number of amides is 3. The summed E-state index contributed by atoms with van der Waals surface area (Å²) in [4.78, 5) is 40.6. The van der Waals surface area contributed by atoms with Gasteiger partial charge in [-0.1, -0.05) is 48.5 Å². The molecule has 8 heteroatoms. The van der Waals surface area contributed by atoms with E-state index in [0.717, 1.165) is 11.1 Å². The van der Waals surface area contributed by atoms with E-state index in [1.807, 2.05) is 37.3 Å². The van der Waals surface area contributed by atoms with Crippen molar-refractivity contribution >= 4 is 17.7 Å². The van der Waals surface area contributed by atoms with Crippen LogP contribution in [0.15, 0.2) is 72.8 Å². The van der Waals surface area contributed by atoms with Gasteiger partial charge in [-0.25, -0.2) is 0 Å². The van der Waals surface area contributed by atoms with E-state index in [1.165, 1.54) is 4.90 Å². The van der Waals surface area contributed by atoms with Gasteiger partial charge in [0.1, 0.15) is 17.5 Å². The monoisotopic (exact) mass is 487 g/mol. The molecule has 1 heterocycles. The Hall–Kier alpha value is -4.33. The zero-order valence-electron chi connectivity index (χ0n) is 20.5. The number of methoxy groups -OCH3 is 2. The Balaban J connectivity index is 1.45. The van der Waals surface area contributed by atoms with Crippen molar-refractivity contribution in [1.82, 2.24) is 15.5 Å². The van der Waals surface area contributed by atoms with Gasteiger partial charge >= 0.3 is 0 Å². The molecule has 0 bridgehead atoms. The summed E-state index contributed by atoms with van der Waals surface area (Å²) >= 11 is 0. The highest BCUT2D eigenvalue weighted by atomic mass is 16.5. The summed E-state index contributed by atoms with van der Waals surface area (Å²) in [6.07, 6.45) is 0. The van der Waals surface area contributed by atoms with Gasteiger partial charge < -0.3 is 25.0 Å². The summed E-state index contributed by atoms with van der Waals surface area (Å²) in [7, 11) is 3.12. The predicted octanol–water partition coefficient (Wildman–Crippen LogP) is 3.39. The van der Waals surface area contributed by atoms with E-state index in [9.17, 15) is 14.4 Å². The van der Waals surface area contributed by atoms with Crippen molar-refractivity contribution in [2.45, 2.75) is 25.6 Å². The molecule has 0 aliphatic carbocycles. The van der Waals surface area contributed by atoms with Gasteiger partial charge in [0.2, 0.25) is 11.8 Å². The number of carbonyl (C=O) groups excluding carboxylic acids is 3.